The molecule has 0 spiro atoms. The van der Waals surface area contributed by atoms with Gasteiger partial charge < -0.3 is 28.4 Å². The molecule has 0 amide bonds. The molecule has 4 aliphatic carbocycles. The van der Waals surface area contributed by atoms with Crippen molar-refractivity contribution in [2.45, 2.75) is 180 Å². The quantitative estimate of drug-likeness (QED) is 0.0753. The van der Waals surface area contributed by atoms with Crippen molar-refractivity contribution in [2.75, 3.05) is 24.2 Å². The molecule has 3 unspecified atom stereocenters. The van der Waals surface area contributed by atoms with Gasteiger partial charge in [-0.15, -0.1) is 0 Å². The van der Waals surface area contributed by atoms with E-state index in [9.17, 15) is 0 Å². The van der Waals surface area contributed by atoms with Crippen LogP contribution in [0.1, 0.15) is 138 Å². The van der Waals surface area contributed by atoms with Crippen LogP contribution in [0.25, 0.3) is 0 Å². The van der Waals surface area contributed by atoms with E-state index >= 15 is 8.78 Å². The molecule has 0 N–H and O–H groups in total. The molecule has 2 heterocycles. The van der Waals surface area contributed by atoms with Gasteiger partial charge in [0.25, 0.3) is 5.92 Å². The average Bonchev–Trinajstić information content (AvgIpc) is 3.43. The van der Waals surface area contributed by atoms with Gasteiger partial charge in [-0.2, -0.15) is 0 Å². The van der Waals surface area contributed by atoms with Crippen LogP contribution in [0.15, 0.2) is 11.6 Å². The molecule has 6 aliphatic rings. The van der Waals surface area contributed by atoms with Crippen molar-refractivity contribution in [3.8, 4) is 0 Å². The van der Waals surface area contributed by atoms with Crippen molar-refractivity contribution in [3.05, 3.63) is 11.6 Å². The number of fused-ring (bicyclic) bond motifs is 5. The molecule has 2 aliphatic heterocycles. The van der Waals surface area contributed by atoms with Gasteiger partial charge in [0.15, 0.2) is 18.9 Å². The molecule has 6 nitrogen and oxygen atoms in total. The summed E-state index contributed by atoms with van der Waals surface area (Å²) in [6, 6.07) is 0. The first kappa shape index (κ1) is 39.8. The molecule has 0 aromatic heterocycles. The number of halogens is 3. The fraction of sp³-hybridized carbons (Fsp3) is 0.951. The minimum absolute atomic E-state index is 0.0499. The monoisotopic (exact) mass is 820 g/mol. The first-order chi connectivity index (χ1) is 23.8. The van der Waals surface area contributed by atoms with Crippen molar-refractivity contribution in [1.82, 2.24) is 0 Å². The fourth-order valence-corrected chi connectivity index (χ4v) is 12.7. The van der Waals surface area contributed by atoms with E-state index < -0.39 is 17.8 Å². The highest BCUT2D eigenvalue weighted by atomic mass is 127. The summed E-state index contributed by atoms with van der Waals surface area (Å²) in [5, 5.41) is 0. The Morgan fingerprint density at radius 3 is 2.30 bits per heavy atom. The first-order valence-electron chi connectivity index (χ1n) is 20.3. The number of allylic oxidation sites excluding steroid dienone is 1. The Kier molecular flexibility index (Phi) is 13.1. The van der Waals surface area contributed by atoms with Gasteiger partial charge in [0.05, 0.1) is 12.2 Å². The molecule has 9 heteroatoms. The van der Waals surface area contributed by atoms with Gasteiger partial charge in [0.1, 0.15) is 5.60 Å². The van der Waals surface area contributed by atoms with Crippen molar-refractivity contribution >= 4 is 22.6 Å². The summed E-state index contributed by atoms with van der Waals surface area (Å²) in [7, 11) is 0. The summed E-state index contributed by atoms with van der Waals surface area (Å²) in [4.78, 5) is 0. The van der Waals surface area contributed by atoms with E-state index in [2.05, 4.69) is 42.5 Å². The third-order valence-electron chi connectivity index (χ3n) is 14.5. The van der Waals surface area contributed by atoms with Gasteiger partial charge in [-0.25, -0.2) is 8.78 Å². The van der Waals surface area contributed by atoms with Crippen molar-refractivity contribution < 1.29 is 37.2 Å². The van der Waals surface area contributed by atoms with Crippen LogP contribution in [-0.2, 0) is 28.4 Å². The smallest absolute Gasteiger partial charge is 0.276 e. The van der Waals surface area contributed by atoms with E-state index in [4.69, 9.17) is 28.4 Å². The van der Waals surface area contributed by atoms with Crippen LogP contribution >= 0.6 is 22.6 Å². The molecule has 50 heavy (non-hydrogen) atoms. The Morgan fingerprint density at radius 1 is 0.960 bits per heavy atom. The molecule has 0 aromatic carbocycles. The van der Waals surface area contributed by atoms with Crippen LogP contribution in [0, 0.1) is 40.4 Å². The lowest BCUT2D eigenvalue weighted by atomic mass is 9.46. The Morgan fingerprint density at radius 2 is 1.66 bits per heavy atom. The summed E-state index contributed by atoms with van der Waals surface area (Å²) in [5.41, 5.74) is 0.0603. The SMILES string of the molecule is CCOC(C)OC(C)(C)C(F)(F)CC[C@@H](CI)[C@H]1CC[C@H]2[C@@H]3CC=C4C[C@@H](OC5CCCCO5)C[C@H](OC5CCCCO5)[C@]4(C)[C@H]3CC[C@]12C. The molecular weight excluding hydrogens is 753 g/mol. The molecule has 5 fully saturated rings. The van der Waals surface area contributed by atoms with E-state index in [0.717, 1.165) is 75.4 Å². The van der Waals surface area contributed by atoms with Crippen molar-refractivity contribution in [2.24, 2.45) is 40.4 Å². The predicted octanol–water partition coefficient (Wildman–Crippen LogP) is 10.6. The Hall–Kier alpha value is 0.0900. The lowest BCUT2D eigenvalue weighted by molar-refractivity contribution is -0.264. The van der Waals surface area contributed by atoms with Crippen LogP contribution in [0.5, 0.6) is 0 Å². The largest absolute Gasteiger partial charge is 0.353 e. The maximum atomic E-state index is 15.8. The number of hydrogen-bond acceptors (Lipinski definition) is 6. The highest BCUT2D eigenvalue weighted by Crippen LogP contribution is 2.68. The van der Waals surface area contributed by atoms with Gasteiger partial charge in [0.2, 0.25) is 0 Å². The summed E-state index contributed by atoms with van der Waals surface area (Å²) in [6.45, 7) is 13.6. The summed E-state index contributed by atoms with van der Waals surface area (Å²) in [5.74, 6) is -0.461. The predicted molar refractivity (Wildman–Crippen MR) is 200 cm³/mol. The van der Waals surface area contributed by atoms with E-state index in [-0.39, 0.29) is 48.0 Å². The molecule has 0 bridgehead atoms. The first-order valence-corrected chi connectivity index (χ1v) is 21.8. The van der Waals surface area contributed by atoms with Crippen LogP contribution < -0.4 is 0 Å². The van der Waals surface area contributed by atoms with Crippen LogP contribution in [0.4, 0.5) is 8.78 Å². The van der Waals surface area contributed by atoms with Gasteiger partial charge in [-0.05, 0) is 146 Å². The van der Waals surface area contributed by atoms with Crippen LogP contribution in [0.2, 0.25) is 0 Å². The minimum Gasteiger partial charge on any atom is -0.353 e. The summed E-state index contributed by atoms with van der Waals surface area (Å²) in [6.07, 6.45) is 16.3. The van der Waals surface area contributed by atoms with Gasteiger partial charge in [-0.3, -0.25) is 0 Å². The number of ether oxygens (including phenoxy) is 6. The third-order valence-corrected chi connectivity index (χ3v) is 15.6. The normalized spacial score (nSPS) is 40.7. The molecule has 3 saturated carbocycles. The van der Waals surface area contributed by atoms with E-state index in [1.807, 2.05) is 6.92 Å². The maximum Gasteiger partial charge on any atom is 0.276 e. The lowest BCUT2D eigenvalue weighted by Crippen LogP contribution is -2.57. The second-order valence-corrected chi connectivity index (χ2v) is 18.5. The van der Waals surface area contributed by atoms with Gasteiger partial charge in [0, 0.05) is 42.5 Å². The zero-order chi connectivity index (χ0) is 35.7. The molecule has 0 radical (unpaired) electrons. The topological polar surface area (TPSA) is 55.4 Å². The van der Waals surface area contributed by atoms with Gasteiger partial charge >= 0.3 is 0 Å². The molecule has 6 rings (SSSR count). The minimum atomic E-state index is -2.94. The zero-order valence-corrected chi connectivity index (χ0v) is 34.0. The van der Waals surface area contributed by atoms with Crippen LogP contribution in [0.3, 0.4) is 0 Å². The summed E-state index contributed by atoms with van der Waals surface area (Å²) < 4.78 is 69.6. The molecular formula is C41H67F2IO6. The summed E-state index contributed by atoms with van der Waals surface area (Å²) >= 11 is 2.47. The Labute approximate surface area is 315 Å². The molecule has 0 aromatic rings. The second-order valence-electron chi connectivity index (χ2n) is 17.6. The van der Waals surface area contributed by atoms with Crippen molar-refractivity contribution in [1.29, 1.82) is 0 Å². The highest BCUT2D eigenvalue weighted by Gasteiger charge is 2.62. The van der Waals surface area contributed by atoms with Crippen molar-refractivity contribution in [3.63, 3.8) is 0 Å². The molecule has 12 atom stereocenters. The standard InChI is InChI=1S/C41H67F2IO6/c1-7-45-27(2)50-38(3,4)41(42,43)21-18-28(26-44)32-16-17-33-31-15-14-29-24-30(48-36-12-8-10-22-46-36)25-35(49-37-13-9-11-23-47-37)40(29,6)34(31)19-20-39(32,33)5/h14,27-28,30-37H,7-13,15-26H2,1-6H3/t27?,28-,30+,31-,32+,33-,34-,35-,36?,37?,39+,40-/m0/s1. The average molecular weight is 821 g/mol. The number of rotatable bonds is 14. The lowest BCUT2D eigenvalue weighted by Gasteiger charge is -2.60. The highest BCUT2D eigenvalue weighted by molar-refractivity contribution is 14.1. The Bertz CT molecular complexity index is 1140. The molecule has 2 saturated heterocycles. The third kappa shape index (κ3) is 8.05. The zero-order valence-electron chi connectivity index (χ0n) is 31.9. The van der Waals surface area contributed by atoms with E-state index in [1.165, 1.54) is 45.1 Å². The maximum absolute atomic E-state index is 15.8. The number of alkyl halides is 3. The Balaban J connectivity index is 1.17. The van der Waals surface area contributed by atoms with E-state index in [0.29, 0.717) is 36.7 Å². The van der Waals surface area contributed by atoms with Crippen LogP contribution in [-0.4, -0.2) is 66.8 Å². The molecule has 288 valence electrons. The number of hydrogen-bond donors (Lipinski definition) is 0. The van der Waals surface area contributed by atoms with Gasteiger partial charge in [-0.1, -0.05) is 48.1 Å². The fourth-order valence-electron chi connectivity index (χ4n) is 11.6. The second kappa shape index (κ2) is 16.4. The van der Waals surface area contributed by atoms with E-state index in [1.54, 1.807) is 6.92 Å².